The van der Waals surface area contributed by atoms with E-state index in [4.69, 9.17) is 16.1 Å². The van der Waals surface area contributed by atoms with Crippen molar-refractivity contribution in [1.82, 2.24) is 14.7 Å². The summed E-state index contributed by atoms with van der Waals surface area (Å²) in [7, 11) is 0. The second-order valence-electron chi connectivity index (χ2n) is 4.30. The zero-order chi connectivity index (χ0) is 13.4. The lowest BCUT2D eigenvalue weighted by molar-refractivity contribution is 0.409. The van der Waals surface area contributed by atoms with Gasteiger partial charge in [0.1, 0.15) is 23.6 Å². The molecule has 0 aliphatic rings. The van der Waals surface area contributed by atoms with E-state index in [1.807, 2.05) is 11.5 Å². The van der Waals surface area contributed by atoms with Gasteiger partial charge in [0, 0.05) is 6.07 Å². The zero-order valence-electron chi connectivity index (χ0n) is 10.2. The molecule has 6 heteroatoms. The molecular formula is C13H11ClFN3O. The lowest BCUT2D eigenvalue weighted by Crippen LogP contribution is -2.06. The van der Waals surface area contributed by atoms with Gasteiger partial charge in [-0.1, -0.05) is 5.16 Å². The largest absolute Gasteiger partial charge is 0.364 e. The highest BCUT2D eigenvalue weighted by molar-refractivity contribution is 6.20. The summed E-state index contributed by atoms with van der Waals surface area (Å²) in [5.74, 6) is 0.382. The maximum absolute atomic E-state index is 13.4. The van der Waals surface area contributed by atoms with Gasteiger partial charge in [-0.3, -0.25) is 0 Å². The molecule has 0 fully saturated rings. The van der Waals surface area contributed by atoms with Crippen LogP contribution in [-0.2, 0) is 6.54 Å². The van der Waals surface area contributed by atoms with Crippen molar-refractivity contribution in [3.05, 3.63) is 47.9 Å². The first kappa shape index (κ1) is 12.2. The minimum atomic E-state index is -0.303. The summed E-state index contributed by atoms with van der Waals surface area (Å²) in [5, 5.41) is 3.58. The van der Waals surface area contributed by atoms with Crippen LogP contribution in [0.4, 0.5) is 4.39 Å². The second kappa shape index (κ2) is 4.66. The van der Waals surface area contributed by atoms with Crippen molar-refractivity contribution in [3.63, 3.8) is 0 Å². The van der Waals surface area contributed by atoms with Crippen molar-refractivity contribution < 1.29 is 8.91 Å². The molecule has 0 aliphatic carbocycles. The minimum absolute atomic E-state index is 0.276. The van der Waals surface area contributed by atoms with Gasteiger partial charge in [0.25, 0.3) is 0 Å². The lowest BCUT2D eigenvalue weighted by atomic mass is 10.3. The van der Waals surface area contributed by atoms with Crippen LogP contribution in [-0.4, -0.2) is 14.7 Å². The third kappa shape index (κ3) is 2.21. The molecule has 0 N–H and O–H groups in total. The summed E-state index contributed by atoms with van der Waals surface area (Å²) in [6.07, 6.45) is 1.50. The van der Waals surface area contributed by atoms with E-state index in [2.05, 4.69) is 10.1 Å². The molecule has 0 aliphatic heterocycles. The summed E-state index contributed by atoms with van der Waals surface area (Å²) >= 11 is 6.14. The predicted molar refractivity (Wildman–Crippen MR) is 69.6 cm³/mol. The highest BCUT2D eigenvalue weighted by atomic mass is 35.5. The van der Waals surface area contributed by atoms with Gasteiger partial charge >= 0.3 is 0 Å². The van der Waals surface area contributed by atoms with Crippen LogP contribution in [0.25, 0.3) is 11.0 Å². The number of imidazole rings is 1. The Kier molecular flexibility index (Phi) is 2.98. The van der Waals surface area contributed by atoms with Gasteiger partial charge in [-0.25, -0.2) is 9.37 Å². The first-order valence-corrected chi connectivity index (χ1v) is 6.28. The lowest BCUT2D eigenvalue weighted by Gasteiger charge is -2.08. The molecule has 19 heavy (non-hydrogen) atoms. The normalized spacial score (nSPS) is 13.0. The van der Waals surface area contributed by atoms with Crippen LogP contribution in [0.2, 0.25) is 0 Å². The molecule has 0 saturated carbocycles. The van der Waals surface area contributed by atoms with E-state index in [1.165, 1.54) is 18.4 Å². The van der Waals surface area contributed by atoms with Gasteiger partial charge in [-0.15, -0.1) is 11.6 Å². The van der Waals surface area contributed by atoms with Gasteiger partial charge in [-0.05, 0) is 25.1 Å². The average Bonchev–Trinajstić information content (AvgIpc) is 2.98. The van der Waals surface area contributed by atoms with Crippen molar-refractivity contribution in [2.45, 2.75) is 18.8 Å². The fourth-order valence-electron chi connectivity index (χ4n) is 2.07. The number of halogens is 2. The number of benzene rings is 1. The number of fused-ring (bicyclic) bond motifs is 1. The van der Waals surface area contributed by atoms with Gasteiger partial charge in [0.05, 0.1) is 23.0 Å². The van der Waals surface area contributed by atoms with Crippen LogP contribution in [0.3, 0.4) is 0 Å². The van der Waals surface area contributed by atoms with E-state index >= 15 is 0 Å². The van der Waals surface area contributed by atoms with Crippen LogP contribution >= 0.6 is 11.6 Å². The molecule has 2 heterocycles. The number of aromatic nitrogens is 3. The SMILES string of the molecule is CC(Cl)c1nc2ccc(F)cc2n1Cc1ccon1. The highest BCUT2D eigenvalue weighted by Crippen LogP contribution is 2.25. The molecule has 3 rings (SSSR count). The maximum Gasteiger partial charge on any atom is 0.128 e. The number of nitrogens with zero attached hydrogens (tertiary/aromatic N) is 3. The van der Waals surface area contributed by atoms with Crippen molar-refractivity contribution in [2.24, 2.45) is 0 Å². The van der Waals surface area contributed by atoms with Crippen LogP contribution in [0.5, 0.6) is 0 Å². The molecule has 0 amide bonds. The molecule has 4 nitrogen and oxygen atoms in total. The molecule has 1 unspecified atom stereocenters. The van der Waals surface area contributed by atoms with Crippen LogP contribution < -0.4 is 0 Å². The van der Waals surface area contributed by atoms with E-state index in [0.717, 1.165) is 5.69 Å². The minimum Gasteiger partial charge on any atom is -0.364 e. The summed E-state index contributed by atoms with van der Waals surface area (Å²) in [6, 6.07) is 6.24. The number of alkyl halides is 1. The van der Waals surface area contributed by atoms with Gasteiger partial charge < -0.3 is 9.09 Å². The summed E-state index contributed by atoms with van der Waals surface area (Å²) in [4.78, 5) is 4.44. The molecule has 0 spiro atoms. The van der Waals surface area contributed by atoms with Crippen molar-refractivity contribution >= 4 is 22.6 Å². The summed E-state index contributed by atoms with van der Waals surface area (Å²) in [5.41, 5.74) is 2.15. The third-order valence-electron chi connectivity index (χ3n) is 2.91. The van der Waals surface area contributed by atoms with Crippen LogP contribution in [0.1, 0.15) is 23.8 Å². The Morgan fingerprint density at radius 3 is 2.95 bits per heavy atom. The molecule has 2 aromatic heterocycles. The average molecular weight is 280 g/mol. The van der Waals surface area contributed by atoms with Crippen molar-refractivity contribution in [2.75, 3.05) is 0 Å². The molecule has 1 aromatic carbocycles. The topological polar surface area (TPSA) is 43.9 Å². The second-order valence-corrected chi connectivity index (χ2v) is 4.95. The Morgan fingerprint density at radius 1 is 1.42 bits per heavy atom. The molecule has 3 aromatic rings. The quantitative estimate of drug-likeness (QED) is 0.689. The van der Waals surface area contributed by atoms with Crippen molar-refractivity contribution in [1.29, 1.82) is 0 Å². The Bertz CT molecular complexity index is 706. The molecule has 0 radical (unpaired) electrons. The van der Waals surface area contributed by atoms with Gasteiger partial charge in [-0.2, -0.15) is 0 Å². The molecule has 0 saturated heterocycles. The monoisotopic (exact) mass is 279 g/mol. The molecule has 1 atom stereocenters. The zero-order valence-corrected chi connectivity index (χ0v) is 10.9. The molecule has 98 valence electrons. The van der Waals surface area contributed by atoms with Gasteiger partial charge in [0.2, 0.25) is 0 Å². The smallest absolute Gasteiger partial charge is 0.128 e. The number of hydrogen-bond donors (Lipinski definition) is 0. The van der Waals surface area contributed by atoms with E-state index in [1.54, 1.807) is 12.1 Å². The molecule has 0 bridgehead atoms. The van der Waals surface area contributed by atoms with Crippen molar-refractivity contribution in [3.8, 4) is 0 Å². The van der Waals surface area contributed by atoms with E-state index in [0.29, 0.717) is 23.4 Å². The Morgan fingerprint density at radius 2 is 2.26 bits per heavy atom. The Hall–Kier alpha value is -1.88. The Balaban J connectivity index is 2.18. The first-order valence-electron chi connectivity index (χ1n) is 5.84. The third-order valence-corrected chi connectivity index (χ3v) is 3.10. The predicted octanol–water partition coefficient (Wildman–Crippen LogP) is 3.51. The summed E-state index contributed by atoms with van der Waals surface area (Å²) < 4.78 is 20.1. The van der Waals surface area contributed by atoms with E-state index < -0.39 is 0 Å². The number of rotatable bonds is 3. The van der Waals surface area contributed by atoms with E-state index in [-0.39, 0.29) is 11.2 Å². The maximum atomic E-state index is 13.4. The first-order chi connectivity index (χ1) is 9.15. The van der Waals surface area contributed by atoms with Crippen LogP contribution in [0, 0.1) is 5.82 Å². The molecular weight excluding hydrogens is 269 g/mol. The van der Waals surface area contributed by atoms with Crippen LogP contribution in [0.15, 0.2) is 35.1 Å². The van der Waals surface area contributed by atoms with E-state index in [9.17, 15) is 4.39 Å². The van der Waals surface area contributed by atoms with Gasteiger partial charge in [0.15, 0.2) is 0 Å². The number of hydrogen-bond acceptors (Lipinski definition) is 3. The fraction of sp³-hybridized carbons (Fsp3) is 0.231. The highest BCUT2D eigenvalue weighted by Gasteiger charge is 2.16. The Labute approximate surface area is 113 Å². The summed E-state index contributed by atoms with van der Waals surface area (Å²) in [6.45, 7) is 2.28. The standard InChI is InChI=1S/C13H11ClFN3O/c1-8(14)13-16-11-3-2-9(15)6-12(11)18(13)7-10-4-5-19-17-10/h2-6,8H,7H2,1H3. The fourth-order valence-corrected chi connectivity index (χ4v) is 2.23.